The molecule has 0 saturated heterocycles. The first kappa shape index (κ1) is 14.0. The van der Waals surface area contributed by atoms with Crippen molar-refractivity contribution in [1.82, 2.24) is 0 Å². The van der Waals surface area contributed by atoms with Crippen LogP contribution >= 0.6 is 0 Å². The van der Waals surface area contributed by atoms with E-state index < -0.39 is 9.84 Å². The Morgan fingerprint density at radius 1 is 0.583 bits per heavy atom. The molecule has 118 valence electrons. The Morgan fingerprint density at radius 2 is 1.04 bits per heavy atom. The van der Waals surface area contributed by atoms with Crippen LogP contribution in [0.2, 0.25) is 0 Å². The van der Waals surface area contributed by atoms with Crippen molar-refractivity contribution in [2.24, 2.45) is 0 Å². The minimum absolute atomic E-state index is 0.0707. The molecule has 0 radical (unpaired) electrons. The number of benzene rings is 3. The lowest BCUT2D eigenvalue weighted by Gasteiger charge is -2.18. The number of hydrogen-bond donors (Lipinski definition) is 0. The van der Waals surface area contributed by atoms with Gasteiger partial charge in [0.15, 0.2) is 9.84 Å². The molecule has 2 aliphatic rings. The van der Waals surface area contributed by atoms with Gasteiger partial charge in [0.05, 0.1) is 10.1 Å². The van der Waals surface area contributed by atoms with Gasteiger partial charge in [0.1, 0.15) is 0 Å². The molecule has 2 nitrogen and oxygen atoms in total. The summed E-state index contributed by atoms with van der Waals surface area (Å²) in [5.41, 5.74) is 4.71. The minimum Gasteiger partial charge on any atom is -0.223 e. The second kappa shape index (κ2) is 4.81. The fourth-order valence-corrected chi connectivity index (χ4v) is 6.41. The van der Waals surface area contributed by atoms with Crippen molar-refractivity contribution in [3.63, 3.8) is 0 Å². The highest BCUT2D eigenvalue weighted by molar-refractivity contribution is 7.92. The van der Waals surface area contributed by atoms with E-state index in [1.165, 1.54) is 22.3 Å². The Hall–Kier alpha value is -2.39. The van der Waals surface area contributed by atoms with Gasteiger partial charge in [-0.15, -0.1) is 0 Å². The molecule has 24 heavy (non-hydrogen) atoms. The Kier molecular flexibility index (Phi) is 2.80. The van der Waals surface area contributed by atoms with Crippen molar-refractivity contribution >= 4 is 9.84 Å². The topological polar surface area (TPSA) is 34.1 Å². The van der Waals surface area contributed by atoms with E-state index >= 15 is 0 Å². The van der Waals surface area contributed by atoms with Crippen LogP contribution in [0.5, 0.6) is 0 Å². The Labute approximate surface area is 141 Å². The third kappa shape index (κ3) is 1.79. The lowest BCUT2D eigenvalue weighted by Crippen LogP contribution is -2.10. The average molecular weight is 332 g/mol. The smallest absolute Gasteiger partial charge is 0.182 e. The highest BCUT2D eigenvalue weighted by Crippen LogP contribution is 2.65. The second-order valence-corrected chi connectivity index (χ2v) is 8.65. The lowest BCUT2D eigenvalue weighted by molar-refractivity contribution is 0.593. The molecule has 0 spiro atoms. The number of fused-ring (bicyclic) bond motifs is 6. The zero-order valence-electron chi connectivity index (χ0n) is 13.0. The van der Waals surface area contributed by atoms with Crippen LogP contribution in [-0.2, 0) is 9.84 Å². The summed E-state index contributed by atoms with van der Waals surface area (Å²) in [6.45, 7) is 0. The molecular weight excluding hydrogens is 316 g/mol. The summed E-state index contributed by atoms with van der Waals surface area (Å²) < 4.78 is 26.4. The predicted molar refractivity (Wildman–Crippen MR) is 94.8 cm³/mol. The molecule has 1 saturated carbocycles. The van der Waals surface area contributed by atoms with Crippen LogP contribution in [0.1, 0.15) is 23.0 Å². The van der Waals surface area contributed by atoms with E-state index in [1.54, 1.807) is 24.3 Å². The quantitative estimate of drug-likeness (QED) is 0.697. The summed E-state index contributed by atoms with van der Waals surface area (Å²) in [7, 11) is -3.33. The van der Waals surface area contributed by atoms with Gasteiger partial charge in [-0.1, -0.05) is 66.7 Å². The fourth-order valence-electron chi connectivity index (χ4n) is 4.24. The molecule has 0 aliphatic heterocycles. The Bertz CT molecular complexity index is 987. The summed E-state index contributed by atoms with van der Waals surface area (Å²) >= 11 is 0. The molecule has 3 aromatic carbocycles. The van der Waals surface area contributed by atoms with Crippen LogP contribution in [0.15, 0.2) is 83.8 Å². The third-order valence-corrected chi connectivity index (χ3v) is 7.55. The molecule has 2 aliphatic carbocycles. The van der Waals surface area contributed by atoms with E-state index in [4.69, 9.17) is 0 Å². The maximum atomic E-state index is 13.2. The van der Waals surface area contributed by atoms with Gasteiger partial charge in [0.25, 0.3) is 0 Å². The first-order valence-electron chi connectivity index (χ1n) is 8.17. The van der Waals surface area contributed by atoms with E-state index in [1.807, 2.05) is 30.3 Å². The molecule has 0 amide bonds. The van der Waals surface area contributed by atoms with Crippen LogP contribution < -0.4 is 0 Å². The van der Waals surface area contributed by atoms with Crippen LogP contribution in [0.3, 0.4) is 0 Å². The van der Waals surface area contributed by atoms with Gasteiger partial charge in [-0.05, 0) is 34.4 Å². The van der Waals surface area contributed by atoms with Crippen molar-refractivity contribution in [2.75, 3.05) is 0 Å². The highest BCUT2D eigenvalue weighted by Gasteiger charge is 2.62. The van der Waals surface area contributed by atoms with Crippen molar-refractivity contribution in [3.05, 3.63) is 90.0 Å². The first-order chi connectivity index (χ1) is 11.7. The van der Waals surface area contributed by atoms with Crippen LogP contribution in [-0.4, -0.2) is 13.7 Å². The zero-order valence-corrected chi connectivity index (χ0v) is 13.8. The van der Waals surface area contributed by atoms with Gasteiger partial charge in [0, 0.05) is 11.8 Å². The zero-order chi connectivity index (χ0) is 16.3. The summed E-state index contributed by atoms with van der Waals surface area (Å²) in [6, 6.07) is 25.3. The largest absolute Gasteiger partial charge is 0.223 e. The number of hydrogen-bond acceptors (Lipinski definition) is 2. The molecule has 3 atom stereocenters. The van der Waals surface area contributed by atoms with E-state index in [9.17, 15) is 8.42 Å². The van der Waals surface area contributed by atoms with E-state index in [2.05, 4.69) is 24.3 Å². The molecule has 1 unspecified atom stereocenters. The number of sulfone groups is 1. The maximum absolute atomic E-state index is 13.2. The van der Waals surface area contributed by atoms with Gasteiger partial charge >= 0.3 is 0 Å². The molecule has 0 heterocycles. The van der Waals surface area contributed by atoms with Gasteiger partial charge in [0.2, 0.25) is 0 Å². The Morgan fingerprint density at radius 3 is 1.58 bits per heavy atom. The lowest BCUT2D eigenvalue weighted by atomic mass is 9.86. The summed E-state index contributed by atoms with van der Waals surface area (Å²) in [4.78, 5) is 0.430. The summed E-state index contributed by atoms with van der Waals surface area (Å²) in [6.07, 6.45) is 0. The fraction of sp³-hybridized carbons (Fsp3) is 0.143. The third-order valence-electron chi connectivity index (χ3n) is 5.31. The van der Waals surface area contributed by atoms with Crippen LogP contribution in [0.25, 0.3) is 11.1 Å². The molecule has 3 aromatic rings. The van der Waals surface area contributed by atoms with Crippen molar-refractivity contribution in [2.45, 2.75) is 22.0 Å². The van der Waals surface area contributed by atoms with E-state index in [-0.39, 0.29) is 17.1 Å². The average Bonchev–Trinajstić information content (AvgIpc) is 3.40. The van der Waals surface area contributed by atoms with E-state index in [0.717, 1.165) is 0 Å². The normalized spacial score (nSPS) is 23.8. The first-order valence-corrected chi connectivity index (χ1v) is 9.71. The van der Waals surface area contributed by atoms with Crippen molar-refractivity contribution < 1.29 is 8.42 Å². The second-order valence-electron chi connectivity index (χ2n) is 6.55. The van der Waals surface area contributed by atoms with Crippen molar-refractivity contribution in [1.29, 1.82) is 0 Å². The highest BCUT2D eigenvalue weighted by atomic mass is 32.2. The van der Waals surface area contributed by atoms with Gasteiger partial charge in [-0.2, -0.15) is 0 Å². The SMILES string of the molecule is O=S(=O)(c1ccccc1)C1[C@H]2c3ccccc3-c3ccccc3[C@@H]12. The molecule has 0 aromatic heterocycles. The van der Waals surface area contributed by atoms with Crippen LogP contribution in [0, 0.1) is 0 Å². The van der Waals surface area contributed by atoms with Gasteiger partial charge < -0.3 is 0 Å². The monoisotopic (exact) mass is 332 g/mol. The van der Waals surface area contributed by atoms with E-state index in [0.29, 0.717) is 4.90 Å². The van der Waals surface area contributed by atoms with Gasteiger partial charge in [-0.25, -0.2) is 8.42 Å². The molecule has 5 rings (SSSR count). The molecule has 3 heteroatoms. The van der Waals surface area contributed by atoms with Crippen molar-refractivity contribution in [3.8, 4) is 11.1 Å². The minimum atomic E-state index is -3.33. The molecule has 0 N–H and O–H groups in total. The van der Waals surface area contributed by atoms with Gasteiger partial charge in [-0.3, -0.25) is 0 Å². The number of rotatable bonds is 2. The Balaban J connectivity index is 1.70. The molecule has 1 fully saturated rings. The molecule has 0 bridgehead atoms. The summed E-state index contributed by atoms with van der Waals surface area (Å²) in [5, 5.41) is -0.357. The maximum Gasteiger partial charge on any atom is 0.182 e. The standard InChI is InChI=1S/C21H16O2S/c22-24(23,14-8-2-1-3-9-14)21-19-17-12-6-4-10-15(17)16-11-5-7-13-18(16)20(19)21/h1-13,19-21H/t19-,20+,21?. The summed E-state index contributed by atoms with van der Waals surface area (Å²) in [5.74, 6) is 0.141. The molecular formula is C21H16O2S. The predicted octanol–water partition coefficient (Wildman–Crippen LogP) is 4.39. The van der Waals surface area contributed by atoms with Crippen LogP contribution in [0.4, 0.5) is 0 Å².